The van der Waals surface area contributed by atoms with Gasteiger partial charge in [0.1, 0.15) is 0 Å². The first kappa shape index (κ1) is 12.3. The molecule has 2 rings (SSSR count). The number of benzene rings is 1. The highest BCUT2D eigenvalue weighted by Crippen LogP contribution is 2.17. The van der Waals surface area contributed by atoms with Gasteiger partial charge in [0.05, 0.1) is 17.7 Å². The second-order valence-corrected chi connectivity index (χ2v) is 5.20. The fraction of sp³-hybridized carbons (Fsp3) is 0.167. The minimum atomic E-state index is -0.0845. The molecule has 1 amide bonds. The van der Waals surface area contributed by atoms with E-state index in [0.717, 1.165) is 15.7 Å². The Labute approximate surface area is 112 Å². The monoisotopic (exact) mass is 310 g/mol. The zero-order chi connectivity index (χ0) is 12.3. The molecular formula is C12H11BrN2OS. The molecule has 0 fully saturated rings. The second-order valence-electron chi connectivity index (χ2n) is 3.63. The van der Waals surface area contributed by atoms with Crippen molar-refractivity contribution in [1.82, 2.24) is 10.3 Å². The third-order valence-corrected chi connectivity index (χ3v) is 3.84. The quantitative estimate of drug-likeness (QED) is 0.946. The minimum absolute atomic E-state index is 0.0845. The molecule has 0 aliphatic rings. The Balaban J connectivity index is 2.02. The number of nitrogens with zero attached hydrogens (tertiary/aromatic N) is 1. The maximum atomic E-state index is 11.8. The summed E-state index contributed by atoms with van der Waals surface area (Å²) in [5.74, 6) is -0.0845. The van der Waals surface area contributed by atoms with Gasteiger partial charge >= 0.3 is 0 Å². The van der Waals surface area contributed by atoms with Crippen molar-refractivity contribution in [2.75, 3.05) is 0 Å². The van der Waals surface area contributed by atoms with Gasteiger partial charge in [0, 0.05) is 15.4 Å². The predicted molar refractivity (Wildman–Crippen MR) is 72.2 cm³/mol. The van der Waals surface area contributed by atoms with Crippen LogP contribution in [0.15, 0.2) is 33.6 Å². The van der Waals surface area contributed by atoms with Gasteiger partial charge in [0.15, 0.2) is 0 Å². The molecule has 1 aromatic carbocycles. The van der Waals surface area contributed by atoms with Crippen LogP contribution in [0.25, 0.3) is 0 Å². The van der Waals surface area contributed by atoms with Gasteiger partial charge < -0.3 is 5.32 Å². The van der Waals surface area contributed by atoms with E-state index in [9.17, 15) is 4.79 Å². The second kappa shape index (κ2) is 5.42. The molecule has 2 aromatic rings. The normalized spacial score (nSPS) is 10.2. The molecule has 0 saturated carbocycles. The predicted octanol–water partition coefficient (Wildman–Crippen LogP) is 3.14. The van der Waals surface area contributed by atoms with Crippen molar-refractivity contribution in [3.8, 4) is 0 Å². The van der Waals surface area contributed by atoms with Gasteiger partial charge in [-0.15, -0.1) is 11.3 Å². The van der Waals surface area contributed by atoms with Crippen molar-refractivity contribution in [1.29, 1.82) is 0 Å². The molecule has 17 heavy (non-hydrogen) atoms. The molecule has 0 spiro atoms. The van der Waals surface area contributed by atoms with Gasteiger partial charge in [-0.25, -0.2) is 4.98 Å². The lowest BCUT2D eigenvalue weighted by molar-refractivity contribution is 0.0950. The average Bonchev–Trinajstić information content (AvgIpc) is 2.82. The van der Waals surface area contributed by atoms with Crippen LogP contribution in [0.5, 0.6) is 0 Å². The van der Waals surface area contributed by atoms with Crippen LogP contribution in [0.2, 0.25) is 0 Å². The molecular weight excluding hydrogens is 300 g/mol. The average molecular weight is 311 g/mol. The lowest BCUT2D eigenvalue weighted by atomic mass is 10.1. The Morgan fingerprint density at radius 1 is 1.53 bits per heavy atom. The summed E-state index contributed by atoms with van der Waals surface area (Å²) >= 11 is 4.94. The van der Waals surface area contributed by atoms with Crippen LogP contribution in [0.3, 0.4) is 0 Å². The minimum Gasteiger partial charge on any atom is -0.346 e. The van der Waals surface area contributed by atoms with E-state index in [1.807, 2.05) is 30.5 Å². The van der Waals surface area contributed by atoms with Crippen LogP contribution in [0.4, 0.5) is 0 Å². The number of aryl methyl sites for hydroxylation is 1. The van der Waals surface area contributed by atoms with Crippen molar-refractivity contribution in [3.05, 3.63) is 50.4 Å². The van der Waals surface area contributed by atoms with Gasteiger partial charge in [-0.3, -0.25) is 4.79 Å². The van der Waals surface area contributed by atoms with Gasteiger partial charge in [0.25, 0.3) is 5.91 Å². The number of aromatic nitrogens is 1. The number of carbonyl (C=O) groups is 1. The zero-order valence-corrected chi connectivity index (χ0v) is 11.6. The number of amides is 1. The summed E-state index contributed by atoms with van der Waals surface area (Å²) in [5, 5.41) is 4.75. The first-order chi connectivity index (χ1) is 8.16. The number of hydrogen-bond donors (Lipinski definition) is 1. The Hall–Kier alpha value is -1.20. The zero-order valence-electron chi connectivity index (χ0n) is 9.24. The molecule has 0 aliphatic carbocycles. The molecule has 0 saturated heterocycles. The van der Waals surface area contributed by atoms with Crippen LogP contribution in [-0.2, 0) is 6.54 Å². The van der Waals surface area contributed by atoms with Gasteiger partial charge in [0.2, 0.25) is 0 Å². The highest BCUT2D eigenvalue weighted by atomic mass is 79.9. The largest absolute Gasteiger partial charge is 0.346 e. The number of carbonyl (C=O) groups excluding carboxylic acids is 1. The van der Waals surface area contributed by atoms with Crippen molar-refractivity contribution < 1.29 is 4.79 Å². The molecule has 88 valence electrons. The molecule has 5 heteroatoms. The highest BCUT2D eigenvalue weighted by molar-refractivity contribution is 9.10. The summed E-state index contributed by atoms with van der Waals surface area (Å²) in [6.45, 7) is 2.45. The molecule has 0 atom stereocenters. The number of halogens is 1. The molecule has 1 heterocycles. The third-order valence-electron chi connectivity index (χ3n) is 2.35. The number of hydrogen-bond acceptors (Lipinski definition) is 3. The number of thiazole rings is 1. The SMILES string of the molecule is Cc1ccc(C(=O)NCc2cscn2)cc1Br. The van der Waals surface area contributed by atoms with Crippen molar-refractivity contribution in [2.24, 2.45) is 0 Å². The topological polar surface area (TPSA) is 42.0 Å². The fourth-order valence-electron chi connectivity index (χ4n) is 1.33. The Bertz CT molecular complexity index is 525. The van der Waals surface area contributed by atoms with Gasteiger partial charge in [-0.05, 0) is 24.6 Å². The highest BCUT2D eigenvalue weighted by Gasteiger charge is 2.07. The van der Waals surface area contributed by atoms with Gasteiger partial charge in [-0.1, -0.05) is 22.0 Å². The lowest BCUT2D eigenvalue weighted by Crippen LogP contribution is -2.22. The summed E-state index contributed by atoms with van der Waals surface area (Å²) in [7, 11) is 0. The fourth-order valence-corrected chi connectivity index (χ4v) is 2.27. The maximum Gasteiger partial charge on any atom is 0.251 e. The van der Waals surface area contributed by atoms with E-state index in [4.69, 9.17) is 0 Å². The molecule has 3 nitrogen and oxygen atoms in total. The van der Waals surface area contributed by atoms with Crippen molar-refractivity contribution >= 4 is 33.2 Å². The molecule has 1 aromatic heterocycles. The van der Waals surface area contributed by atoms with E-state index >= 15 is 0 Å². The van der Waals surface area contributed by atoms with Crippen molar-refractivity contribution in [2.45, 2.75) is 13.5 Å². The standard InChI is InChI=1S/C12H11BrN2OS/c1-8-2-3-9(4-11(8)13)12(16)14-5-10-6-17-7-15-10/h2-4,6-7H,5H2,1H3,(H,14,16). The van der Waals surface area contributed by atoms with Crippen LogP contribution >= 0.6 is 27.3 Å². The van der Waals surface area contributed by atoms with E-state index in [1.165, 1.54) is 11.3 Å². The Kier molecular flexibility index (Phi) is 3.91. The first-order valence-electron chi connectivity index (χ1n) is 5.08. The van der Waals surface area contributed by atoms with Gasteiger partial charge in [-0.2, -0.15) is 0 Å². The number of nitrogens with one attached hydrogen (secondary N) is 1. The summed E-state index contributed by atoms with van der Waals surface area (Å²) in [6, 6.07) is 5.56. The third kappa shape index (κ3) is 3.14. The van der Waals surface area contributed by atoms with E-state index in [-0.39, 0.29) is 5.91 Å². The van der Waals surface area contributed by atoms with E-state index in [1.54, 1.807) is 5.51 Å². The van der Waals surface area contributed by atoms with E-state index in [2.05, 4.69) is 26.2 Å². The summed E-state index contributed by atoms with van der Waals surface area (Å²) < 4.78 is 0.943. The van der Waals surface area contributed by atoms with E-state index in [0.29, 0.717) is 12.1 Å². The van der Waals surface area contributed by atoms with Crippen LogP contribution in [0.1, 0.15) is 21.6 Å². The smallest absolute Gasteiger partial charge is 0.251 e. The summed E-state index contributed by atoms with van der Waals surface area (Å²) in [5.41, 5.74) is 4.40. The first-order valence-corrected chi connectivity index (χ1v) is 6.82. The lowest BCUT2D eigenvalue weighted by Gasteiger charge is -2.05. The Morgan fingerprint density at radius 2 is 2.35 bits per heavy atom. The van der Waals surface area contributed by atoms with E-state index < -0.39 is 0 Å². The van der Waals surface area contributed by atoms with Crippen molar-refractivity contribution in [3.63, 3.8) is 0 Å². The molecule has 0 bridgehead atoms. The van der Waals surface area contributed by atoms with Crippen LogP contribution in [-0.4, -0.2) is 10.9 Å². The number of rotatable bonds is 3. The summed E-state index contributed by atoms with van der Waals surface area (Å²) in [4.78, 5) is 16.0. The molecule has 0 unspecified atom stereocenters. The Morgan fingerprint density at radius 3 is 3.00 bits per heavy atom. The van der Waals surface area contributed by atoms with Crippen LogP contribution in [0, 0.1) is 6.92 Å². The van der Waals surface area contributed by atoms with Crippen LogP contribution < -0.4 is 5.32 Å². The molecule has 0 aliphatic heterocycles. The summed E-state index contributed by atoms with van der Waals surface area (Å²) in [6.07, 6.45) is 0. The molecule has 0 radical (unpaired) electrons. The maximum absolute atomic E-state index is 11.8. The molecule has 1 N–H and O–H groups in total.